The SMILES string of the molecule is O=C(O)C1CCCCN1C(c1ccco1)c1ccccc1Br. The van der Waals surface area contributed by atoms with Crippen LogP contribution in [-0.2, 0) is 4.79 Å². The van der Waals surface area contributed by atoms with E-state index in [2.05, 4.69) is 15.9 Å². The molecular weight excluding hydrogens is 346 g/mol. The van der Waals surface area contributed by atoms with Gasteiger partial charge in [0.05, 0.1) is 12.3 Å². The van der Waals surface area contributed by atoms with Gasteiger partial charge < -0.3 is 9.52 Å². The molecule has 0 radical (unpaired) electrons. The van der Waals surface area contributed by atoms with Gasteiger partial charge in [0.25, 0.3) is 0 Å². The Hall–Kier alpha value is -1.59. The Morgan fingerprint density at radius 2 is 2.09 bits per heavy atom. The number of carboxylic acids is 1. The van der Waals surface area contributed by atoms with Crippen molar-refractivity contribution in [3.8, 4) is 0 Å². The number of carbonyl (C=O) groups is 1. The fourth-order valence-electron chi connectivity index (χ4n) is 3.17. The van der Waals surface area contributed by atoms with Crippen LogP contribution in [0, 0.1) is 0 Å². The van der Waals surface area contributed by atoms with Gasteiger partial charge in [0.1, 0.15) is 11.8 Å². The summed E-state index contributed by atoms with van der Waals surface area (Å²) in [6, 6.07) is 11.0. The van der Waals surface area contributed by atoms with Crippen molar-refractivity contribution < 1.29 is 14.3 Å². The summed E-state index contributed by atoms with van der Waals surface area (Å²) in [5.74, 6) is 0.0170. The first-order chi connectivity index (χ1) is 10.7. The summed E-state index contributed by atoms with van der Waals surface area (Å²) in [5, 5.41) is 9.59. The van der Waals surface area contributed by atoms with Gasteiger partial charge in [-0.05, 0) is 36.6 Å². The van der Waals surface area contributed by atoms with Crippen molar-refractivity contribution in [3.63, 3.8) is 0 Å². The van der Waals surface area contributed by atoms with Crippen LogP contribution in [0.25, 0.3) is 0 Å². The van der Waals surface area contributed by atoms with Crippen LogP contribution in [0.15, 0.2) is 51.6 Å². The van der Waals surface area contributed by atoms with Crippen LogP contribution in [0.3, 0.4) is 0 Å². The Balaban J connectivity index is 2.05. The van der Waals surface area contributed by atoms with Crippen molar-refractivity contribution in [1.29, 1.82) is 0 Å². The highest BCUT2D eigenvalue weighted by Crippen LogP contribution is 2.37. The topological polar surface area (TPSA) is 53.7 Å². The van der Waals surface area contributed by atoms with E-state index in [-0.39, 0.29) is 6.04 Å². The lowest BCUT2D eigenvalue weighted by Crippen LogP contribution is -2.46. The van der Waals surface area contributed by atoms with Crippen LogP contribution in [0.2, 0.25) is 0 Å². The van der Waals surface area contributed by atoms with Gasteiger partial charge in [0.2, 0.25) is 0 Å². The van der Waals surface area contributed by atoms with Crippen LogP contribution in [-0.4, -0.2) is 28.6 Å². The second kappa shape index (κ2) is 6.67. The highest BCUT2D eigenvalue weighted by molar-refractivity contribution is 9.10. The third-order valence-electron chi connectivity index (χ3n) is 4.17. The number of nitrogens with zero attached hydrogens (tertiary/aromatic N) is 1. The number of benzene rings is 1. The van der Waals surface area contributed by atoms with Crippen molar-refractivity contribution in [3.05, 3.63) is 58.5 Å². The van der Waals surface area contributed by atoms with Crippen molar-refractivity contribution in [2.45, 2.75) is 31.3 Å². The average molecular weight is 364 g/mol. The predicted octanol–water partition coefficient (Wildman–Crippen LogP) is 4.07. The highest BCUT2D eigenvalue weighted by Gasteiger charge is 2.36. The fraction of sp³-hybridized carbons (Fsp3) is 0.353. The van der Waals surface area contributed by atoms with Gasteiger partial charge in [-0.25, -0.2) is 0 Å². The fourth-order valence-corrected chi connectivity index (χ4v) is 3.67. The Morgan fingerprint density at radius 3 is 2.77 bits per heavy atom. The molecule has 0 aliphatic carbocycles. The van der Waals surface area contributed by atoms with Crippen molar-refractivity contribution in [1.82, 2.24) is 4.90 Å². The summed E-state index contributed by atoms with van der Waals surface area (Å²) < 4.78 is 6.59. The smallest absolute Gasteiger partial charge is 0.320 e. The largest absolute Gasteiger partial charge is 0.480 e. The summed E-state index contributed by atoms with van der Waals surface area (Å²) in [5.41, 5.74) is 1.03. The molecule has 5 heteroatoms. The quantitative estimate of drug-likeness (QED) is 0.889. The van der Waals surface area contributed by atoms with E-state index < -0.39 is 12.0 Å². The third kappa shape index (κ3) is 2.96. The van der Waals surface area contributed by atoms with Gasteiger partial charge in [-0.15, -0.1) is 0 Å². The normalized spacial score (nSPS) is 20.7. The molecular formula is C17H18BrNO3. The maximum Gasteiger partial charge on any atom is 0.320 e. The lowest BCUT2D eigenvalue weighted by Gasteiger charge is -2.38. The molecule has 0 amide bonds. The zero-order valence-corrected chi connectivity index (χ0v) is 13.7. The summed E-state index contributed by atoms with van der Waals surface area (Å²) in [6.45, 7) is 0.754. The molecule has 1 saturated heterocycles. The van der Waals surface area contributed by atoms with Gasteiger partial charge in [-0.1, -0.05) is 40.5 Å². The van der Waals surface area contributed by atoms with Gasteiger partial charge in [0.15, 0.2) is 0 Å². The second-order valence-corrected chi connectivity index (χ2v) is 6.38. The average Bonchev–Trinajstić information content (AvgIpc) is 3.04. The number of likely N-dealkylation sites (tertiary alicyclic amines) is 1. The molecule has 116 valence electrons. The number of hydrogen-bond acceptors (Lipinski definition) is 3. The molecule has 2 unspecified atom stereocenters. The molecule has 22 heavy (non-hydrogen) atoms. The van der Waals surface area contributed by atoms with E-state index in [9.17, 15) is 9.90 Å². The number of rotatable bonds is 4. The molecule has 0 saturated carbocycles. The first-order valence-electron chi connectivity index (χ1n) is 7.45. The zero-order chi connectivity index (χ0) is 15.5. The number of carboxylic acid groups (broad SMARTS) is 1. The molecule has 1 aromatic carbocycles. The summed E-state index contributed by atoms with van der Waals surface area (Å²) >= 11 is 3.59. The molecule has 0 bridgehead atoms. The van der Waals surface area contributed by atoms with E-state index in [1.54, 1.807) is 6.26 Å². The first-order valence-corrected chi connectivity index (χ1v) is 8.24. The Bertz CT molecular complexity index is 641. The standard InChI is InChI=1S/C17H18BrNO3/c18-13-7-2-1-6-12(13)16(15-9-5-11-22-15)19-10-4-3-8-14(19)17(20)21/h1-2,5-7,9,11,14,16H,3-4,8,10H2,(H,20,21). The van der Waals surface area contributed by atoms with Crippen molar-refractivity contribution >= 4 is 21.9 Å². The number of aliphatic carboxylic acids is 1. The minimum Gasteiger partial charge on any atom is -0.480 e. The van der Waals surface area contributed by atoms with Crippen LogP contribution in [0.5, 0.6) is 0 Å². The van der Waals surface area contributed by atoms with E-state index in [0.717, 1.165) is 35.2 Å². The number of hydrogen-bond donors (Lipinski definition) is 1. The molecule has 1 aromatic heterocycles. The molecule has 1 N–H and O–H groups in total. The van der Waals surface area contributed by atoms with Gasteiger partial charge in [-0.3, -0.25) is 9.69 Å². The highest BCUT2D eigenvalue weighted by atomic mass is 79.9. The summed E-state index contributed by atoms with van der Waals surface area (Å²) in [7, 11) is 0. The van der Waals surface area contributed by atoms with Crippen molar-refractivity contribution in [2.24, 2.45) is 0 Å². The summed E-state index contributed by atoms with van der Waals surface area (Å²) in [4.78, 5) is 13.7. The maximum absolute atomic E-state index is 11.7. The third-order valence-corrected chi connectivity index (χ3v) is 4.90. The minimum atomic E-state index is -0.761. The molecule has 3 rings (SSSR count). The molecule has 1 fully saturated rings. The number of piperidine rings is 1. The lowest BCUT2D eigenvalue weighted by atomic mass is 9.95. The number of furan rings is 1. The molecule has 1 aliphatic heterocycles. The molecule has 0 spiro atoms. The predicted molar refractivity (Wildman–Crippen MR) is 86.7 cm³/mol. The van der Waals surface area contributed by atoms with Gasteiger partial charge in [-0.2, -0.15) is 0 Å². The van der Waals surface area contributed by atoms with E-state index in [1.165, 1.54) is 0 Å². The second-order valence-electron chi connectivity index (χ2n) is 5.53. The van der Waals surface area contributed by atoms with Crippen molar-refractivity contribution in [2.75, 3.05) is 6.54 Å². The molecule has 1 aliphatic rings. The van der Waals surface area contributed by atoms with E-state index in [0.29, 0.717) is 6.42 Å². The molecule has 2 aromatic rings. The molecule has 2 atom stereocenters. The van der Waals surface area contributed by atoms with Gasteiger partial charge >= 0.3 is 5.97 Å². The summed E-state index contributed by atoms with van der Waals surface area (Å²) in [6.07, 6.45) is 4.27. The minimum absolute atomic E-state index is 0.188. The van der Waals surface area contributed by atoms with Crippen LogP contribution in [0.1, 0.15) is 36.6 Å². The monoisotopic (exact) mass is 363 g/mol. The Morgan fingerprint density at radius 1 is 1.27 bits per heavy atom. The number of halogens is 1. The zero-order valence-electron chi connectivity index (χ0n) is 12.1. The van der Waals surface area contributed by atoms with Crippen LogP contribution in [0.4, 0.5) is 0 Å². The maximum atomic E-state index is 11.7. The Labute approximate surface area is 137 Å². The van der Waals surface area contributed by atoms with Crippen LogP contribution < -0.4 is 0 Å². The van der Waals surface area contributed by atoms with E-state index in [1.807, 2.05) is 41.3 Å². The molecule has 4 nitrogen and oxygen atoms in total. The van der Waals surface area contributed by atoms with E-state index >= 15 is 0 Å². The first kappa shape index (κ1) is 15.3. The Kier molecular flexibility index (Phi) is 4.64. The van der Waals surface area contributed by atoms with Crippen LogP contribution >= 0.6 is 15.9 Å². The van der Waals surface area contributed by atoms with E-state index in [4.69, 9.17) is 4.42 Å². The molecule has 2 heterocycles. The van der Waals surface area contributed by atoms with Gasteiger partial charge in [0, 0.05) is 11.0 Å². The lowest BCUT2D eigenvalue weighted by molar-refractivity contribution is -0.145.